The second-order valence-electron chi connectivity index (χ2n) is 8.95. The highest BCUT2D eigenvalue weighted by Gasteiger charge is 2.52. The fourth-order valence-corrected chi connectivity index (χ4v) is 5.38. The van der Waals surface area contributed by atoms with Gasteiger partial charge in [0.15, 0.2) is 0 Å². The minimum Gasteiger partial charge on any atom is -0.349 e. The Balaban J connectivity index is 1.30. The number of benzene rings is 2. The van der Waals surface area contributed by atoms with Crippen molar-refractivity contribution in [1.29, 1.82) is 0 Å². The number of carbonyl (C=O) groups is 2. The van der Waals surface area contributed by atoms with Crippen LogP contribution in [0.4, 0.5) is 10.1 Å². The molecule has 2 amide bonds. The van der Waals surface area contributed by atoms with Crippen molar-refractivity contribution in [3.8, 4) is 0 Å². The van der Waals surface area contributed by atoms with E-state index in [1.165, 1.54) is 12.1 Å². The van der Waals surface area contributed by atoms with Crippen LogP contribution in [0.25, 0.3) is 11.0 Å². The molecule has 2 aromatic carbocycles. The van der Waals surface area contributed by atoms with Crippen molar-refractivity contribution in [2.24, 2.45) is 5.41 Å². The zero-order chi connectivity index (χ0) is 23.9. The molecule has 7 nitrogen and oxygen atoms in total. The summed E-state index contributed by atoms with van der Waals surface area (Å²) in [5, 5.41) is 6.91. The Labute approximate surface area is 201 Å². The molecule has 176 valence electrons. The molecule has 5 rings (SSSR count). The number of hydrazine groups is 1. The average Bonchev–Trinajstić information content (AvgIpc) is 3.11. The van der Waals surface area contributed by atoms with E-state index in [4.69, 9.17) is 11.6 Å². The van der Waals surface area contributed by atoms with Crippen LogP contribution >= 0.6 is 11.6 Å². The molecule has 0 bridgehead atoms. The number of carbonyl (C=O) groups excluding carboxylic acids is 2. The lowest BCUT2D eigenvalue weighted by atomic mass is 9.72. The zero-order valence-electron chi connectivity index (χ0n) is 18.8. The molecule has 34 heavy (non-hydrogen) atoms. The minimum atomic E-state index is -0.542. The van der Waals surface area contributed by atoms with Crippen LogP contribution in [-0.2, 0) is 4.79 Å². The summed E-state index contributed by atoms with van der Waals surface area (Å²) >= 11 is 6.29. The van der Waals surface area contributed by atoms with Gasteiger partial charge in [0.05, 0.1) is 27.2 Å². The number of aromatic nitrogens is 2. The van der Waals surface area contributed by atoms with Gasteiger partial charge < -0.3 is 5.32 Å². The summed E-state index contributed by atoms with van der Waals surface area (Å²) < 4.78 is 13.6. The van der Waals surface area contributed by atoms with E-state index in [9.17, 15) is 14.0 Å². The van der Waals surface area contributed by atoms with Gasteiger partial charge in [-0.1, -0.05) is 24.6 Å². The molecule has 1 aliphatic carbocycles. The molecule has 2 aliphatic rings. The minimum absolute atomic E-state index is 0.0167. The monoisotopic (exact) mass is 481 g/mol. The fourth-order valence-electron chi connectivity index (χ4n) is 5.13. The van der Waals surface area contributed by atoms with Crippen LogP contribution in [0.1, 0.15) is 43.0 Å². The molecule has 0 radical (unpaired) electrons. The van der Waals surface area contributed by atoms with Crippen LogP contribution in [-0.4, -0.2) is 45.9 Å². The second-order valence-corrected chi connectivity index (χ2v) is 9.36. The molecule has 3 aromatic rings. The molecule has 1 N–H and O–H groups in total. The van der Waals surface area contributed by atoms with Gasteiger partial charge in [-0.05, 0) is 56.0 Å². The van der Waals surface area contributed by atoms with E-state index in [0.29, 0.717) is 61.1 Å². The Bertz CT molecular complexity index is 1260. The van der Waals surface area contributed by atoms with Gasteiger partial charge in [-0.15, -0.1) is 0 Å². The van der Waals surface area contributed by atoms with Crippen LogP contribution in [0, 0.1) is 11.2 Å². The first-order valence-electron chi connectivity index (χ1n) is 11.5. The Morgan fingerprint density at radius 2 is 1.97 bits per heavy atom. The fraction of sp³-hybridized carbons (Fsp3) is 0.360. The standard InChI is InChI=1S/C25H25ClFN5O2/c1-2-31-15-25(24(34)32(31)21-7-6-16(27)14-19(21)26)10-8-17(9-11-25)30-23(33)18-4-3-5-20-22(18)29-13-12-28-20/h3-7,12-14,17H,2,8-11,15H2,1H3,(H,30,33). The molecule has 1 aromatic heterocycles. The van der Waals surface area contributed by atoms with Gasteiger partial charge in [-0.2, -0.15) is 0 Å². The maximum atomic E-state index is 13.6. The summed E-state index contributed by atoms with van der Waals surface area (Å²) in [6.45, 7) is 3.19. The number of anilines is 1. The summed E-state index contributed by atoms with van der Waals surface area (Å²) in [6.07, 6.45) is 5.86. The first-order valence-corrected chi connectivity index (χ1v) is 11.8. The predicted molar refractivity (Wildman–Crippen MR) is 128 cm³/mol. The Morgan fingerprint density at radius 3 is 2.71 bits per heavy atom. The smallest absolute Gasteiger partial charge is 0.253 e. The van der Waals surface area contributed by atoms with Gasteiger partial charge in [-0.25, -0.2) is 14.4 Å². The third kappa shape index (κ3) is 3.91. The topological polar surface area (TPSA) is 78.4 Å². The summed E-state index contributed by atoms with van der Waals surface area (Å²) in [6, 6.07) is 9.44. The number of halogens is 2. The van der Waals surface area contributed by atoms with Gasteiger partial charge in [0, 0.05) is 31.5 Å². The van der Waals surface area contributed by atoms with Crippen molar-refractivity contribution in [2.45, 2.75) is 38.6 Å². The molecule has 1 saturated heterocycles. The zero-order valence-corrected chi connectivity index (χ0v) is 19.6. The first-order chi connectivity index (χ1) is 16.4. The van der Waals surface area contributed by atoms with Crippen molar-refractivity contribution in [1.82, 2.24) is 20.3 Å². The third-order valence-electron chi connectivity index (χ3n) is 6.94. The summed E-state index contributed by atoms with van der Waals surface area (Å²) in [5.74, 6) is -0.636. The lowest BCUT2D eigenvalue weighted by Gasteiger charge is -2.35. The van der Waals surface area contributed by atoms with Crippen LogP contribution in [0.5, 0.6) is 0 Å². The van der Waals surface area contributed by atoms with Gasteiger partial charge in [0.1, 0.15) is 11.3 Å². The van der Waals surface area contributed by atoms with E-state index in [-0.39, 0.29) is 22.9 Å². The largest absolute Gasteiger partial charge is 0.349 e. The quantitative estimate of drug-likeness (QED) is 0.599. The van der Waals surface area contributed by atoms with E-state index in [2.05, 4.69) is 15.3 Å². The maximum absolute atomic E-state index is 13.6. The van der Waals surface area contributed by atoms with Crippen LogP contribution < -0.4 is 10.3 Å². The molecule has 9 heteroatoms. The molecule has 2 heterocycles. The lowest BCUT2D eigenvalue weighted by Crippen LogP contribution is -2.44. The number of fused-ring (bicyclic) bond motifs is 1. The van der Waals surface area contributed by atoms with Crippen molar-refractivity contribution >= 4 is 40.1 Å². The number of rotatable bonds is 4. The molecule has 0 unspecified atom stereocenters. The van der Waals surface area contributed by atoms with Gasteiger partial charge in [-0.3, -0.25) is 19.6 Å². The van der Waals surface area contributed by atoms with Crippen LogP contribution in [0.3, 0.4) is 0 Å². The summed E-state index contributed by atoms with van der Waals surface area (Å²) in [4.78, 5) is 35.2. The molecular weight excluding hydrogens is 457 g/mol. The summed E-state index contributed by atoms with van der Waals surface area (Å²) in [7, 11) is 0. The predicted octanol–water partition coefficient (Wildman–Crippen LogP) is 4.36. The number of nitrogens with one attached hydrogen (secondary N) is 1. The maximum Gasteiger partial charge on any atom is 0.253 e. The first kappa shape index (κ1) is 22.7. The Kier molecular flexibility index (Phi) is 5.95. The normalized spacial score (nSPS) is 23.1. The van der Waals surface area contributed by atoms with Crippen LogP contribution in [0.2, 0.25) is 5.02 Å². The summed E-state index contributed by atoms with van der Waals surface area (Å²) in [5.41, 5.74) is 1.70. The second kappa shape index (κ2) is 8.92. The van der Waals surface area contributed by atoms with Crippen LogP contribution in [0.15, 0.2) is 48.8 Å². The lowest BCUT2D eigenvalue weighted by molar-refractivity contribution is -0.126. The van der Waals surface area contributed by atoms with Gasteiger partial charge in [0.25, 0.3) is 5.91 Å². The highest BCUT2D eigenvalue weighted by atomic mass is 35.5. The van der Waals surface area contributed by atoms with E-state index >= 15 is 0 Å². The number of nitrogens with zero attached hydrogens (tertiary/aromatic N) is 4. The van der Waals surface area contributed by atoms with E-state index in [1.807, 2.05) is 18.0 Å². The van der Waals surface area contributed by atoms with E-state index < -0.39 is 11.2 Å². The molecule has 1 saturated carbocycles. The van der Waals surface area contributed by atoms with Crippen molar-refractivity contribution < 1.29 is 14.0 Å². The number of hydrogen-bond acceptors (Lipinski definition) is 5. The van der Waals surface area contributed by atoms with Crippen molar-refractivity contribution in [3.05, 3.63) is 65.2 Å². The molecule has 0 atom stereocenters. The van der Waals surface area contributed by atoms with E-state index in [0.717, 1.165) is 0 Å². The van der Waals surface area contributed by atoms with Gasteiger partial charge >= 0.3 is 0 Å². The Morgan fingerprint density at radius 1 is 1.21 bits per heavy atom. The highest BCUT2D eigenvalue weighted by molar-refractivity contribution is 6.33. The van der Waals surface area contributed by atoms with Crippen molar-refractivity contribution in [2.75, 3.05) is 18.1 Å². The average molecular weight is 482 g/mol. The number of hydrogen-bond donors (Lipinski definition) is 1. The number of para-hydroxylation sites is 1. The number of amides is 2. The highest BCUT2D eigenvalue weighted by Crippen LogP contribution is 2.46. The molecule has 1 aliphatic heterocycles. The third-order valence-corrected chi connectivity index (χ3v) is 7.24. The van der Waals surface area contributed by atoms with E-state index in [1.54, 1.807) is 35.6 Å². The molecule has 1 spiro atoms. The Hall–Kier alpha value is -3.10. The van der Waals surface area contributed by atoms with Crippen molar-refractivity contribution in [3.63, 3.8) is 0 Å². The molecular formula is C25H25ClFN5O2. The molecule has 2 fully saturated rings. The SMILES string of the molecule is CCN1CC2(CCC(NC(=O)c3cccc4nccnc34)CC2)C(=O)N1c1ccc(F)cc1Cl. The van der Waals surface area contributed by atoms with Gasteiger partial charge in [0.2, 0.25) is 5.91 Å².